The molecule has 35 heavy (non-hydrogen) atoms. The van der Waals surface area contributed by atoms with Crippen LogP contribution in [-0.2, 0) is 4.79 Å². The maximum absolute atomic E-state index is 13.7. The summed E-state index contributed by atoms with van der Waals surface area (Å²) in [6, 6.07) is 8.56. The Hall–Kier alpha value is -2.64. The quantitative estimate of drug-likeness (QED) is 0.542. The molecule has 0 N–H and O–H groups in total. The van der Waals surface area contributed by atoms with Crippen molar-refractivity contribution in [1.82, 2.24) is 9.80 Å². The number of methoxy groups -OCH3 is 3. The first kappa shape index (κ1) is 25.5. The summed E-state index contributed by atoms with van der Waals surface area (Å²) >= 11 is 12.4. The number of hydrogen-bond donors (Lipinski definition) is 0. The maximum Gasteiger partial charge on any atom is 0.255 e. The van der Waals surface area contributed by atoms with Gasteiger partial charge in [-0.1, -0.05) is 23.2 Å². The third kappa shape index (κ3) is 5.16. The zero-order chi connectivity index (χ0) is 25.1. The molecule has 7 nitrogen and oxygen atoms in total. The molecule has 2 heterocycles. The largest absolute Gasteiger partial charge is 0.493 e. The minimum atomic E-state index is -0.397. The molecule has 2 atom stereocenters. The van der Waals surface area contributed by atoms with Crippen molar-refractivity contribution in [2.24, 2.45) is 5.92 Å². The fourth-order valence-corrected chi connectivity index (χ4v) is 5.54. The normalized spacial score (nSPS) is 20.0. The van der Waals surface area contributed by atoms with Crippen LogP contribution in [0.4, 0.5) is 0 Å². The molecular weight excluding hydrogens is 491 g/mol. The van der Waals surface area contributed by atoms with Crippen LogP contribution in [0.5, 0.6) is 17.2 Å². The third-order valence-corrected chi connectivity index (χ3v) is 7.42. The lowest BCUT2D eigenvalue weighted by molar-refractivity contribution is -0.136. The summed E-state index contributed by atoms with van der Waals surface area (Å²) in [7, 11) is 4.67. The molecule has 0 aromatic heterocycles. The molecule has 4 rings (SSSR count). The second-order valence-electron chi connectivity index (χ2n) is 8.89. The lowest BCUT2D eigenvalue weighted by Gasteiger charge is -2.31. The van der Waals surface area contributed by atoms with Gasteiger partial charge >= 0.3 is 0 Å². The van der Waals surface area contributed by atoms with E-state index in [1.807, 2.05) is 17.0 Å². The van der Waals surface area contributed by atoms with Gasteiger partial charge in [-0.15, -0.1) is 0 Å². The van der Waals surface area contributed by atoms with Gasteiger partial charge in [-0.25, -0.2) is 0 Å². The number of ether oxygens (including phenoxy) is 3. The summed E-state index contributed by atoms with van der Waals surface area (Å²) in [5.74, 6) is 0.711. The SMILES string of the molecule is COc1cc([C@H]2CN(C(=O)c3ccc(Cl)cc3Cl)C[C@@H]2C(=O)N2CCCCC2)cc(OC)c1OC. The van der Waals surface area contributed by atoms with Crippen LogP contribution in [0, 0.1) is 5.92 Å². The molecule has 2 fully saturated rings. The van der Waals surface area contributed by atoms with Crippen molar-refractivity contribution < 1.29 is 23.8 Å². The Labute approximate surface area is 215 Å². The molecule has 188 valence electrons. The second-order valence-corrected chi connectivity index (χ2v) is 9.74. The Morgan fingerprint density at radius 2 is 1.51 bits per heavy atom. The Morgan fingerprint density at radius 3 is 2.09 bits per heavy atom. The zero-order valence-electron chi connectivity index (χ0n) is 20.2. The third-order valence-electron chi connectivity index (χ3n) is 6.87. The smallest absolute Gasteiger partial charge is 0.255 e. The molecule has 0 spiro atoms. The molecule has 2 amide bonds. The van der Waals surface area contributed by atoms with Crippen LogP contribution in [0.25, 0.3) is 0 Å². The average molecular weight is 521 g/mol. The van der Waals surface area contributed by atoms with E-state index in [4.69, 9.17) is 37.4 Å². The van der Waals surface area contributed by atoms with Crippen LogP contribution < -0.4 is 14.2 Å². The highest BCUT2D eigenvalue weighted by Crippen LogP contribution is 2.44. The topological polar surface area (TPSA) is 68.3 Å². The van der Waals surface area contributed by atoms with Gasteiger partial charge < -0.3 is 24.0 Å². The molecule has 0 radical (unpaired) electrons. The minimum absolute atomic E-state index is 0.0703. The van der Waals surface area contributed by atoms with Gasteiger partial charge in [0.1, 0.15) is 0 Å². The van der Waals surface area contributed by atoms with Gasteiger partial charge in [-0.2, -0.15) is 0 Å². The molecule has 0 unspecified atom stereocenters. The highest BCUT2D eigenvalue weighted by Gasteiger charge is 2.43. The van der Waals surface area contributed by atoms with Crippen LogP contribution in [0.3, 0.4) is 0 Å². The molecular formula is C26H30Cl2N2O5. The van der Waals surface area contributed by atoms with Crippen LogP contribution in [0.2, 0.25) is 10.0 Å². The summed E-state index contributed by atoms with van der Waals surface area (Å²) in [5.41, 5.74) is 1.22. The number of nitrogens with zero attached hydrogens (tertiary/aromatic N) is 2. The molecule has 2 aliphatic rings. The number of halogens is 2. The molecule has 2 saturated heterocycles. The maximum atomic E-state index is 13.7. The van der Waals surface area contributed by atoms with Gasteiger partial charge in [-0.05, 0) is 55.2 Å². The van der Waals surface area contributed by atoms with Crippen molar-refractivity contribution in [2.75, 3.05) is 47.5 Å². The molecule has 0 bridgehead atoms. The lowest BCUT2D eigenvalue weighted by Crippen LogP contribution is -2.42. The summed E-state index contributed by atoms with van der Waals surface area (Å²) in [5, 5.41) is 0.749. The van der Waals surface area contributed by atoms with Crippen molar-refractivity contribution in [2.45, 2.75) is 25.2 Å². The molecule has 2 aromatic rings. The van der Waals surface area contributed by atoms with E-state index < -0.39 is 5.92 Å². The highest BCUT2D eigenvalue weighted by atomic mass is 35.5. The van der Waals surface area contributed by atoms with E-state index in [2.05, 4.69) is 0 Å². The molecule has 9 heteroatoms. The van der Waals surface area contributed by atoms with Crippen LogP contribution in [0.1, 0.15) is 41.1 Å². The number of likely N-dealkylation sites (tertiary alicyclic amines) is 2. The van der Waals surface area contributed by atoms with E-state index >= 15 is 0 Å². The summed E-state index contributed by atoms with van der Waals surface area (Å²) in [6.45, 7) is 2.15. The van der Waals surface area contributed by atoms with E-state index in [0.29, 0.717) is 40.9 Å². The fraction of sp³-hybridized carbons (Fsp3) is 0.462. The lowest BCUT2D eigenvalue weighted by atomic mass is 9.87. The van der Waals surface area contributed by atoms with E-state index in [9.17, 15) is 9.59 Å². The van der Waals surface area contributed by atoms with Crippen molar-refractivity contribution in [3.05, 3.63) is 51.5 Å². The molecule has 2 aliphatic heterocycles. The van der Waals surface area contributed by atoms with E-state index in [-0.39, 0.29) is 22.8 Å². The second kappa shape index (κ2) is 11.0. The number of amides is 2. The van der Waals surface area contributed by atoms with E-state index in [0.717, 1.165) is 37.9 Å². The van der Waals surface area contributed by atoms with Gasteiger partial charge in [0.2, 0.25) is 11.7 Å². The van der Waals surface area contributed by atoms with Gasteiger partial charge in [0.15, 0.2) is 11.5 Å². The monoisotopic (exact) mass is 520 g/mol. The number of rotatable bonds is 6. The average Bonchev–Trinajstić information content (AvgIpc) is 3.33. The Morgan fingerprint density at radius 1 is 0.857 bits per heavy atom. The van der Waals surface area contributed by atoms with Crippen molar-refractivity contribution in [3.8, 4) is 17.2 Å². The molecule has 0 aliphatic carbocycles. The highest BCUT2D eigenvalue weighted by molar-refractivity contribution is 6.36. The zero-order valence-corrected chi connectivity index (χ0v) is 21.7. The predicted octanol–water partition coefficient (Wildman–Crippen LogP) is 4.89. The van der Waals surface area contributed by atoms with Crippen molar-refractivity contribution in [3.63, 3.8) is 0 Å². The number of carbonyl (C=O) groups excluding carboxylic acids is 2. The Bertz CT molecular complexity index is 1080. The Balaban J connectivity index is 1.71. The van der Waals surface area contributed by atoms with Crippen LogP contribution in [-0.4, -0.2) is 69.1 Å². The fourth-order valence-electron chi connectivity index (χ4n) is 5.06. The van der Waals surface area contributed by atoms with Crippen molar-refractivity contribution >= 4 is 35.0 Å². The van der Waals surface area contributed by atoms with Crippen LogP contribution in [0.15, 0.2) is 30.3 Å². The molecule has 2 aromatic carbocycles. The molecule has 0 saturated carbocycles. The van der Waals surface area contributed by atoms with E-state index in [1.54, 1.807) is 44.4 Å². The van der Waals surface area contributed by atoms with Crippen molar-refractivity contribution in [1.29, 1.82) is 0 Å². The number of benzene rings is 2. The predicted molar refractivity (Wildman–Crippen MR) is 135 cm³/mol. The Kier molecular flexibility index (Phi) is 7.97. The van der Waals surface area contributed by atoms with Crippen LogP contribution >= 0.6 is 23.2 Å². The van der Waals surface area contributed by atoms with E-state index in [1.165, 1.54) is 0 Å². The van der Waals surface area contributed by atoms with Gasteiger partial charge in [0, 0.05) is 37.1 Å². The summed E-state index contributed by atoms with van der Waals surface area (Å²) in [6.07, 6.45) is 3.12. The van der Waals surface area contributed by atoms with Gasteiger partial charge in [-0.3, -0.25) is 9.59 Å². The first-order valence-electron chi connectivity index (χ1n) is 11.7. The van der Waals surface area contributed by atoms with Gasteiger partial charge in [0.05, 0.1) is 37.8 Å². The van der Waals surface area contributed by atoms with Gasteiger partial charge in [0.25, 0.3) is 5.91 Å². The first-order valence-corrected chi connectivity index (χ1v) is 12.5. The number of carbonyl (C=O) groups is 2. The minimum Gasteiger partial charge on any atom is -0.493 e. The first-order chi connectivity index (χ1) is 16.9. The standard InChI is InChI=1S/C26H30Cl2N2O5/c1-33-22-11-16(12-23(34-2)24(22)35-3)19-14-30(25(31)18-8-7-17(27)13-21(18)28)15-20(19)26(32)29-9-5-4-6-10-29/h7-8,11-13,19-20H,4-6,9-10,14-15H2,1-3H3/t19-,20+/m1/s1. The summed E-state index contributed by atoms with van der Waals surface area (Å²) in [4.78, 5) is 30.8. The number of hydrogen-bond acceptors (Lipinski definition) is 5. The summed E-state index contributed by atoms with van der Waals surface area (Å²) < 4.78 is 16.6. The number of piperidine rings is 1.